The maximum absolute atomic E-state index is 12.5. The molecule has 170 valence electrons. The molecule has 0 unspecified atom stereocenters. The third kappa shape index (κ3) is 5.15. The minimum absolute atomic E-state index is 0.121. The highest BCUT2D eigenvalue weighted by Crippen LogP contribution is 2.30. The van der Waals surface area contributed by atoms with Crippen molar-refractivity contribution in [1.29, 1.82) is 0 Å². The second-order valence-electron chi connectivity index (χ2n) is 8.13. The van der Waals surface area contributed by atoms with Crippen LogP contribution >= 0.6 is 11.8 Å². The third-order valence-corrected chi connectivity index (χ3v) is 6.28. The van der Waals surface area contributed by atoms with E-state index in [1.165, 1.54) is 19.3 Å². The van der Waals surface area contributed by atoms with Gasteiger partial charge in [0.2, 0.25) is 0 Å². The number of carbonyl (C=O) groups excluding carboxylic acids is 1. The number of nitrogens with one attached hydrogen (secondary N) is 1. The summed E-state index contributed by atoms with van der Waals surface area (Å²) in [6.45, 7) is 7.31. The predicted molar refractivity (Wildman–Crippen MR) is 128 cm³/mol. The maximum Gasteiger partial charge on any atom is 0.251 e. The van der Waals surface area contributed by atoms with Crippen molar-refractivity contribution in [2.75, 3.05) is 31.6 Å². The molecule has 9 heteroatoms. The second kappa shape index (κ2) is 10.2. The fourth-order valence-corrected chi connectivity index (χ4v) is 4.51. The summed E-state index contributed by atoms with van der Waals surface area (Å²) < 4.78 is 7.01. The van der Waals surface area contributed by atoms with Crippen molar-refractivity contribution >= 4 is 34.5 Å². The first-order valence-corrected chi connectivity index (χ1v) is 12.0. The fourth-order valence-electron chi connectivity index (χ4n) is 3.81. The van der Waals surface area contributed by atoms with Crippen molar-refractivity contribution in [3.8, 4) is 5.75 Å². The lowest BCUT2D eigenvalue weighted by Crippen LogP contribution is -2.30. The highest BCUT2D eigenvalue weighted by molar-refractivity contribution is 7.99. The van der Waals surface area contributed by atoms with E-state index in [4.69, 9.17) is 14.7 Å². The molecule has 1 aromatic carbocycles. The molecule has 3 heterocycles. The minimum Gasteiger partial charge on any atom is -0.497 e. The highest BCUT2D eigenvalue weighted by atomic mass is 32.2. The van der Waals surface area contributed by atoms with Crippen molar-refractivity contribution in [3.05, 3.63) is 36.0 Å². The van der Waals surface area contributed by atoms with Crippen LogP contribution in [0, 0.1) is 0 Å². The molecule has 3 aromatic rings. The fraction of sp³-hybridized carbons (Fsp3) is 0.478. The summed E-state index contributed by atoms with van der Waals surface area (Å²) in [5.41, 5.74) is 1.42. The molecule has 4 rings (SSSR count). The van der Waals surface area contributed by atoms with E-state index in [9.17, 15) is 4.79 Å². The number of rotatable bonds is 8. The van der Waals surface area contributed by atoms with E-state index in [0.29, 0.717) is 23.9 Å². The van der Waals surface area contributed by atoms with Crippen molar-refractivity contribution < 1.29 is 9.53 Å². The molecule has 0 atom stereocenters. The van der Waals surface area contributed by atoms with E-state index < -0.39 is 0 Å². The van der Waals surface area contributed by atoms with E-state index in [0.717, 1.165) is 40.8 Å². The number of amides is 1. The van der Waals surface area contributed by atoms with Crippen LogP contribution in [0.2, 0.25) is 0 Å². The summed E-state index contributed by atoms with van der Waals surface area (Å²) >= 11 is 1.66. The Hall–Kier alpha value is -2.81. The molecule has 0 spiro atoms. The van der Waals surface area contributed by atoms with Crippen LogP contribution in [-0.2, 0) is 6.54 Å². The molecule has 8 nitrogen and oxygen atoms in total. The van der Waals surface area contributed by atoms with Gasteiger partial charge in [-0.05, 0) is 43.5 Å². The Bertz CT molecular complexity index is 1060. The molecule has 1 aliphatic heterocycles. The number of anilines is 1. The molecule has 1 N–H and O–H groups in total. The van der Waals surface area contributed by atoms with Crippen molar-refractivity contribution in [3.63, 3.8) is 0 Å². The first kappa shape index (κ1) is 22.4. The van der Waals surface area contributed by atoms with Crippen LogP contribution < -0.4 is 15.0 Å². The zero-order valence-corrected chi connectivity index (χ0v) is 19.7. The summed E-state index contributed by atoms with van der Waals surface area (Å²) in [4.78, 5) is 24.5. The van der Waals surface area contributed by atoms with E-state index in [1.807, 2.05) is 10.9 Å². The minimum atomic E-state index is -0.121. The standard InChI is InChI=1S/C23H30N6O2S/c1-16(2)32-23-26-20(28-12-5-4-6-13-28)19-15-25-29(21(19)27-23)14-11-24-22(30)17-7-9-18(31-3)10-8-17/h7-10,15-16H,4-6,11-14H2,1-3H3,(H,24,30). The van der Waals surface area contributed by atoms with Gasteiger partial charge in [0.05, 0.1) is 25.2 Å². The van der Waals surface area contributed by atoms with Gasteiger partial charge in [-0.2, -0.15) is 5.10 Å². The van der Waals surface area contributed by atoms with Crippen LogP contribution in [0.3, 0.4) is 0 Å². The number of aromatic nitrogens is 4. The van der Waals surface area contributed by atoms with Gasteiger partial charge in [0, 0.05) is 30.4 Å². The Morgan fingerprint density at radius 2 is 1.91 bits per heavy atom. The number of thioether (sulfide) groups is 1. The summed E-state index contributed by atoms with van der Waals surface area (Å²) in [7, 11) is 1.61. The summed E-state index contributed by atoms with van der Waals surface area (Å²) in [5, 5.41) is 9.68. The first-order valence-electron chi connectivity index (χ1n) is 11.1. The Kier molecular flexibility index (Phi) is 7.14. The average Bonchev–Trinajstić information content (AvgIpc) is 3.21. The molecule has 0 aliphatic carbocycles. The zero-order chi connectivity index (χ0) is 22.5. The lowest BCUT2D eigenvalue weighted by molar-refractivity contribution is 0.0952. The van der Waals surface area contributed by atoms with Crippen molar-refractivity contribution in [1.82, 2.24) is 25.1 Å². The van der Waals surface area contributed by atoms with Crippen molar-refractivity contribution in [2.24, 2.45) is 0 Å². The molecule has 32 heavy (non-hydrogen) atoms. The van der Waals surface area contributed by atoms with Crippen LogP contribution in [0.4, 0.5) is 5.82 Å². The number of nitrogens with zero attached hydrogens (tertiary/aromatic N) is 5. The van der Waals surface area contributed by atoms with Crippen LogP contribution in [0.5, 0.6) is 5.75 Å². The quantitative estimate of drug-likeness (QED) is 0.410. The zero-order valence-electron chi connectivity index (χ0n) is 18.9. The molecular formula is C23H30N6O2S. The Morgan fingerprint density at radius 1 is 1.16 bits per heavy atom. The number of fused-ring (bicyclic) bond motifs is 1. The highest BCUT2D eigenvalue weighted by Gasteiger charge is 2.20. The van der Waals surface area contributed by atoms with Gasteiger partial charge in [0.15, 0.2) is 10.8 Å². The van der Waals surface area contributed by atoms with Gasteiger partial charge < -0.3 is 15.0 Å². The third-order valence-electron chi connectivity index (χ3n) is 5.41. The smallest absolute Gasteiger partial charge is 0.251 e. The molecule has 0 radical (unpaired) electrons. The number of hydrogen-bond donors (Lipinski definition) is 1. The Morgan fingerprint density at radius 3 is 2.59 bits per heavy atom. The summed E-state index contributed by atoms with van der Waals surface area (Å²) in [5.74, 6) is 1.58. The van der Waals surface area contributed by atoms with E-state index in [-0.39, 0.29) is 5.91 Å². The van der Waals surface area contributed by atoms with Gasteiger partial charge in [-0.25, -0.2) is 14.6 Å². The molecule has 2 aromatic heterocycles. The van der Waals surface area contributed by atoms with Crippen molar-refractivity contribution in [2.45, 2.75) is 50.1 Å². The molecule has 1 saturated heterocycles. The number of carbonyl (C=O) groups is 1. The van der Waals surface area contributed by atoms with E-state index in [2.05, 4.69) is 29.2 Å². The number of piperidine rings is 1. The largest absolute Gasteiger partial charge is 0.497 e. The SMILES string of the molecule is COc1ccc(C(=O)NCCn2ncc3c(N4CCCCC4)nc(SC(C)C)nc32)cc1. The van der Waals surface area contributed by atoms with E-state index in [1.54, 1.807) is 43.1 Å². The average molecular weight is 455 g/mol. The van der Waals surface area contributed by atoms with Crippen LogP contribution in [0.15, 0.2) is 35.6 Å². The lowest BCUT2D eigenvalue weighted by atomic mass is 10.1. The van der Waals surface area contributed by atoms with Gasteiger partial charge >= 0.3 is 0 Å². The van der Waals surface area contributed by atoms with Crippen LogP contribution in [0.25, 0.3) is 11.0 Å². The van der Waals surface area contributed by atoms with Gasteiger partial charge in [-0.3, -0.25) is 4.79 Å². The van der Waals surface area contributed by atoms with Gasteiger partial charge in [0.1, 0.15) is 11.6 Å². The van der Waals surface area contributed by atoms with Crippen LogP contribution in [-0.4, -0.2) is 57.6 Å². The molecule has 0 bridgehead atoms. The second-order valence-corrected chi connectivity index (χ2v) is 9.68. The number of benzene rings is 1. The monoisotopic (exact) mass is 454 g/mol. The summed E-state index contributed by atoms with van der Waals surface area (Å²) in [6, 6.07) is 7.07. The van der Waals surface area contributed by atoms with Gasteiger partial charge in [-0.15, -0.1) is 0 Å². The van der Waals surface area contributed by atoms with Gasteiger partial charge in [0.25, 0.3) is 5.91 Å². The van der Waals surface area contributed by atoms with Gasteiger partial charge in [-0.1, -0.05) is 25.6 Å². The topological polar surface area (TPSA) is 85.2 Å². The maximum atomic E-state index is 12.5. The molecule has 1 amide bonds. The first-order chi connectivity index (χ1) is 15.5. The van der Waals surface area contributed by atoms with Crippen LogP contribution in [0.1, 0.15) is 43.5 Å². The molecule has 0 saturated carbocycles. The Balaban J connectivity index is 1.51. The molecule has 1 aliphatic rings. The number of methoxy groups -OCH3 is 1. The predicted octanol–water partition coefficient (Wildman–Crippen LogP) is 3.76. The molecule has 1 fully saturated rings. The summed E-state index contributed by atoms with van der Waals surface area (Å²) in [6.07, 6.45) is 5.49. The Labute approximate surface area is 192 Å². The number of ether oxygens (including phenoxy) is 1. The van der Waals surface area contributed by atoms with E-state index >= 15 is 0 Å². The lowest BCUT2D eigenvalue weighted by Gasteiger charge is -2.28. The molecular weight excluding hydrogens is 424 g/mol. The number of hydrogen-bond acceptors (Lipinski definition) is 7. The normalized spacial score (nSPS) is 14.2.